The third-order valence-electron chi connectivity index (χ3n) is 4.96. The Labute approximate surface area is 183 Å². The maximum atomic E-state index is 13.0. The zero-order valence-electron chi connectivity index (χ0n) is 17.2. The van der Waals surface area contributed by atoms with Gasteiger partial charge in [-0.2, -0.15) is 0 Å². The van der Waals surface area contributed by atoms with Crippen LogP contribution < -0.4 is 14.7 Å². The number of methoxy groups -OCH3 is 1. The highest BCUT2D eigenvalue weighted by molar-refractivity contribution is 7.99. The zero-order chi connectivity index (χ0) is 22.1. The summed E-state index contributed by atoms with van der Waals surface area (Å²) in [6.45, 7) is 3.42. The molecule has 0 spiro atoms. The van der Waals surface area contributed by atoms with E-state index in [2.05, 4.69) is 10.1 Å². The van der Waals surface area contributed by atoms with E-state index in [1.165, 1.54) is 25.8 Å². The molecule has 1 amide bonds. The summed E-state index contributed by atoms with van der Waals surface area (Å²) in [6.07, 6.45) is -0.707. The average molecular weight is 436 g/mol. The number of carbonyl (C=O) groups excluding carboxylic acids is 2. The van der Waals surface area contributed by atoms with Crippen LogP contribution in [0.2, 0.25) is 0 Å². The van der Waals surface area contributed by atoms with Gasteiger partial charge in [-0.05, 0) is 42.2 Å². The predicted molar refractivity (Wildman–Crippen MR) is 113 cm³/mol. The first-order valence-corrected chi connectivity index (χ1v) is 10.7. The number of rotatable bonds is 4. The van der Waals surface area contributed by atoms with Gasteiger partial charge in [-0.25, -0.2) is 14.7 Å². The number of anilines is 1. The molecule has 0 N–H and O–H groups in total. The van der Waals surface area contributed by atoms with Gasteiger partial charge >= 0.3 is 5.97 Å². The normalized spacial score (nSPS) is 14.5. The lowest BCUT2D eigenvalue weighted by Crippen LogP contribution is -2.58. The molecule has 2 heterocycles. The molecule has 0 bridgehead atoms. The summed E-state index contributed by atoms with van der Waals surface area (Å²) >= 11 is 1.35. The number of aromatic nitrogens is 3. The largest absolute Gasteiger partial charge is 0.854 e. The van der Waals surface area contributed by atoms with Gasteiger partial charge in [-0.1, -0.05) is 35.5 Å². The molecular formula is C22H20N4O4S. The van der Waals surface area contributed by atoms with E-state index in [0.717, 1.165) is 0 Å². The lowest BCUT2D eigenvalue weighted by atomic mass is 10.0. The van der Waals surface area contributed by atoms with Crippen LogP contribution in [0.5, 0.6) is 5.88 Å². The standard InChI is InChI=1S/C22H20N4O4S/c1-4-31-22-23-19(28)18-16-7-5-6-8-17(16)25(13(2)27)20(26(18)24-22)14-9-11-15(12-10-14)21(29)30-3/h5-12,20H,4H2,1-3H3. The first-order chi connectivity index (χ1) is 15.0. The Morgan fingerprint density at radius 1 is 1.19 bits per heavy atom. The Bertz CT molecular complexity index is 1170. The molecular weight excluding hydrogens is 416 g/mol. The number of para-hydroxylation sites is 1. The van der Waals surface area contributed by atoms with E-state index in [9.17, 15) is 14.7 Å². The van der Waals surface area contributed by atoms with E-state index in [-0.39, 0.29) is 5.91 Å². The third-order valence-corrected chi connectivity index (χ3v) is 5.68. The molecule has 0 radical (unpaired) electrons. The van der Waals surface area contributed by atoms with Gasteiger partial charge in [-0.15, -0.1) is 0 Å². The van der Waals surface area contributed by atoms with Crippen molar-refractivity contribution < 1.29 is 24.1 Å². The fourth-order valence-corrected chi connectivity index (χ4v) is 4.23. The summed E-state index contributed by atoms with van der Waals surface area (Å²) < 4.78 is 6.33. The van der Waals surface area contributed by atoms with Crippen LogP contribution in [-0.2, 0) is 9.53 Å². The smallest absolute Gasteiger partial charge is 0.337 e. The molecule has 1 atom stereocenters. The molecule has 0 saturated heterocycles. The fraction of sp³-hybridized carbons (Fsp3) is 0.227. The minimum absolute atomic E-state index is 0.205. The van der Waals surface area contributed by atoms with E-state index >= 15 is 0 Å². The van der Waals surface area contributed by atoms with Gasteiger partial charge in [0.15, 0.2) is 0 Å². The van der Waals surface area contributed by atoms with Crippen LogP contribution in [0.15, 0.2) is 53.7 Å². The monoisotopic (exact) mass is 436 g/mol. The minimum Gasteiger partial charge on any atom is -0.854 e. The number of carbonyl (C=O) groups is 2. The Morgan fingerprint density at radius 3 is 2.55 bits per heavy atom. The number of benzene rings is 2. The second kappa shape index (κ2) is 8.35. The zero-order valence-corrected chi connectivity index (χ0v) is 18.0. The second-order valence-corrected chi connectivity index (χ2v) is 8.05. The summed E-state index contributed by atoms with van der Waals surface area (Å²) in [5.41, 5.74) is 2.59. The summed E-state index contributed by atoms with van der Waals surface area (Å²) in [7, 11) is 1.32. The predicted octanol–water partition coefficient (Wildman–Crippen LogP) is 2.32. The van der Waals surface area contributed by atoms with Crippen LogP contribution in [0.1, 0.15) is 35.9 Å². The van der Waals surface area contributed by atoms with E-state index in [4.69, 9.17) is 4.74 Å². The van der Waals surface area contributed by atoms with E-state index in [1.54, 1.807) is 52.0 Å². The van der Waals surface area contributed by atoms with Crippen molar-refractivity contribution in [3.05, 3.63) is 59.7 Å². The van der Waals surface area contributed by atoms with Crippen LogP contribution in [0, 0.1) is 0 Å². The fourth-order valence-electron chi connectivity index (χ4n) is 3.67. The quantitative estimate of drug-likeness (QED) is 0.352. The number of hydrogen-bond acceptors (Lipinski definition) is 7. The lowest BCUT2D eigenvalue weighted by Gasteiger charge is -2.32. The van der Waals surface area contributed by atoms with E-state index < -0.39 is 18.0 Å². The van der Waals surface area contributed by atoms with E-state index in [1.807, 2.05) is 13.0 Å². The van der Waals surface area contributed by atoms with Gasteiger partial charge in [0.05, 0.1) is 29.8 Å². The van der Waals surface area contributed by atoms with Crippen molar-refractivity contribution in [1.82, 2.24) is 10.1 Å². The van der Waals surface area contributed by atoms with Crippen LogP contribution in [0.4, 0.5) is 5.69 Å². The molecule has 0 aliphatic carbocycles. The van der Waals surface area contributed by atoms with Crippen molar-refractivity contribution in [2.75, 3.05) is 17.8 Å². The molecule has 9 heteroatoms. The number of fused-ring (bicyclic) bond motifs is 3. The molecule has 0 fully saturated rings. The van der Waals surface area contributed by atoms with Crippen molar-refractivity contribution in [2.45, 2.75) is 25.2 Å². The molecule has 4 rings (SSSR count). The number of hydrogen-bond donors (Lipinski definition) is 0. The molecule has 1 aromatic heterocycles. The first-order valence-electron chi connectivity index (χ1n) is 9.67. The average Bonchev–Trinajstić information content (AvgIpc) is 2.77. The number of esters is 1. The maximum absolute atomic E-state index is 13.0. The maximum Gasteiger partial charge on any atom is 0.337 e. The minimum atomic E-state index is -0.707. The molecule has 2 aromatic carbocycles. The lowest BCUT2D eigenvalue weighted by molar-refractivity contribution is -0.764. The highest BCUT2D eigenvalue weighted by Crippen LogP contribution is 2.40. The molecule has 8 nitrogen and oxygen atoms in total. The van der Waals surface area contributed by atoms with Gasteiger partial charge in [0.1, 0.15) is 0 Å². The van der Waals surface area contributed by atoms with Crippen molar-refractivity contribution in [3.63, 3.8) is 0 Å². The number of ether oxygens (including phenoxy) is 1. The highest BCUT2D eigenvalue weighted by Gasteiger charge is 2.43. The Balaban J connectivity index is 1.97. The first kappa shape index (κ1) is 20.8. The molecule has 158 valence electrons. The van der Waals surface area contributed by atoms with Gasteiger partial charge in [0, 0.05) is 17.6 Å². The Kier molecular flexibility index (Phi) is 5.60. The molecule has 3 aromatic rings. The van der Waals surface area contributed by atoms with Crippen LogP contribution in [-0.4, -0.2) is 34.8 Å². The van der Waals surface area contributed by atoms with Crippen molar-refractivity contribution in [2.24, 2.45) is 0 Å². The summed E-state index contributed by atoms with van der Waals surface area (Å²) in [4.78, 5) is 30.4. The Morgan fingerprint density at radius 2 is 1.90 bits per heavy atom. The summed E-state index contributed by atoms with van der Waals surface area (Å²) in [5.74, 6) is -0.367. The SMILES string of the molecule is CCSc1nc([O-])c2[n+](n1)C(c1ccc(C(=O)OC)cc1)N(C(C)=O)c1ccccc1-2. The van der Waals surface area contributed by atoms with Gasteiger partial charge < -0.3 is 9.84 Å². The molecule has 0 saturated carbocycles. The molecule has 31 heavy (non-hydrogen) atoms. The van der Waals surface area contributed by atoms with Gasteiger partial charge in [0.25, 0.3) is 17.0 Å². The Hall–Kier alpha value is -3.46. The van der Waals surface area contributed by atoms with Gasteiger partial charge in [-0.3, -0.25) is 4.79 Å². The second-order valence-electron chi connectivity index (χ2n) is 6.82. The topological polar surface area (TPSA) is 99.3 Å². The summed E-state index contributed by atoms with van der Waals surface area (Å²) in [6, 6.07) is 13.9. The molecule has 1 aliphatic heterocycles. The third kappa shape index (κ3) is 3.61. The van der Waals surface area contributed by atoms with Crippen LogP contribution in [0.3, 0.4) is 0 Å². The highest BCUT2D eigenvalue weighted by atomic mass is 32.2. The number of amides is 1. The molecule has 1 unspecified atom stereocenters. The molecule has 1 aliphatic rings. The van der Waals surface area contributed by atoms with Crippen molar-refractivity contribution >= 4 is 29.3 Å². The van der Waals surface area contributed by atoms with Crippen LogP contribution >= 0.6 is 11.8 Å². The van der Waals surface area contributed by atoms with Crippen molar-refractivity contribution in [3.8, 4) is 17.1 Å². The van der Waals surface area contributed by atoms with Crippen LogP contribution in [0.25, 0.3) is 11.3 Å². The van der Waals surface area contributed by atoms with Gasteiger partial charge in [0.2, 0.25) is 5.91 Å². The van der Waals surface area contributed by atoms with E-state index in [0.29, 0.717) is 39.0 Å². The number of thioether (sulfide) groups is 1. The number of nitrogens with zero attached hydrogens (tertiary/aromatic N) is 4. The summed E-state index contributed by atoms with van der Waals surface area (Å²) in [5, 5.41) is 18.0. The van der Waals surface area contributed by atoms with Crippen molar-refractivity contribution in [1.29, 1.82) is 0 Å².